The average Bonchev–Trinajstić information content (AvgIpc) is 2.02. The van der Waals surface area contributed by atoms with E-state index in [-0.39, 0.29) is 0 Å². The molecular formula is C10H18O2. The molecule has 0 spiro atoms. The van der Waals surface area contributed by atoms with Crippen molar-refractivity contribution in [2.45, 2.75) is 51.7 Å². The summed E-state index contributed by atoms with van der Waals surface area (Å²) in [5, 5.41) is 19.0. The zero-order valence-corrected chi connectivity index (χ0v) is 8.31. The molecule has 0 aliphatic heterocycles. The summed E-state index contributed by atoms with van der Waals surface area (Å²) in [5.74, 6) is 5.31. The Morgan fingerprint density at radius 3 is 1.33 bits per heavy atom. The quantitative estimate of drug-likeness (QED) is 0.613. The van der Waals surface area contributed by atoms with Crippen LogP contribution in [0, 0.1) is 11.8 Å². The summed E-state index contributed by atoms with van der Waals surface area (Å²) >= 11 is 0. The van der Waals surface area contributed by atoms with Crippen molar-refractivity contribution in [3.8, 4) is 11.8 Å². The summed E-state index contributed by atoms with van der Waals surface area (Å²) in [7, 11) is 0. The Labute approximate surface area is 74.6 Å². The van der Waals surface area contributed by atoms with E-state index in [1.165, 1.54) is 0 Å². The molecule has 0 aliphatic carbocycles. The molecule has 0 amide bonds. The van der Waals surface area contributed by atoms with Crippen molar-refractivity contribution >= 4 is 0 Å². The lowest BCUT2D eigenvalue weighted by molar-refractivity contribution is 0.106. The summed E-state index contributed by atoms with van der Waals surface area (Å²) in [5.41, 5.74) is -1.95. The second kappa shape index (κ2) is 3.93. The minimum absolute atomic E-state index is 0.569. The van der Waals surface area contributed by atoms with E-state index in [4.69, 9.17) is 0 Å². The van der Waals surface area contributed by atoms with Crippen LogP contribution < -0.4 is 0 Å². The summed E-state index contributed by atoms with van der Waals surface area (Å²) < 4.78 is 0. The van der Waals surface area contributed by atoms with Crippen LogP contribution in [0.1, 0.15) is 40.5 Å². The molecule has 2 nitrogen and oxygen atoms in total. The molecular weight excluding hydrogens is 152 g/mol. The highest BCUT2D eigenvalue weighted by atomic mass is 16.3. The Morgan fingerprint density at radius 1 is 0.917 bits per heavy atom. The molecule has 0 rings (SSSR count). The third kappa shape index (κ3) is 4.38. The van der Waals surface area contributed by atoms with Gasteiger partial charge in [0.05, 0.1) is 0 Å². The van der Waals surface area contributed by atoms with Gasteiger partial charge in [0.1, 0.15) is 11.2 Å². The van der Waals surface area contributed by atoms with Crippen LogP contribution in [0.15, 0.2) is 0 Å². The van der Waals surface area contributed by atoms with Crippen LogP contribution in [0.3, 0.4) is 0 Å². The molecule has 0 heterocycles. The summed E-state index contributed by atoms with van der Waals surface area (Å²) in [6.45, 7) is 7.00. The Balaban J connectivity index is 4.39. The SMILES string of the molecule is CC[C@@](C)(O)C#C[C@](C)(O)CC. The third-order valence-corrected chi connectivity index (χ3v) is 1.98. The monoisotopic (exact) mass is 170 g/mol. The minimum Gasteiger partial charge on any atom is -0.378 e. The van der Waals surface area contributed by atoms with E-state index in [0.717, 1.165) is 0 Å². The molecule has 0 bridgehead atoms. The number of rotatable bonds is 2. The maximum absolute atomic E-state index is 9.50. The zero-order chi connectivity index (χ0) is 9.83. The predicted octanol–water partition coefficient (Wildman–Crippen LogP) is 1.31. The largest absolute Gasteiger partial charge is 0.378 e. The van der Waals surface area contributed by atoms with Crippen LogP contribution in [0.2, 0.25) is 0 Å². The van der Waals surface area contributed by atoms with Gasteiger partial charge in [0.15, 0.2) is 0 Å². The predicted molar refractivity (Wildman–Crippen MR) is 49.6 cm³/mol. The van der Waals surface area contributed by atoms with Crippen LogP contribution >= 0.6 is 0 Å². The standard InChI is InChI=1S/C10H18O2/c1-5-9(3,11)7-8-10(4,12)6-2/h11-12H,5-6H2,1-4H3/t9-,10-/m1/s1. The highest BCUT2D eigenvalue weighted by Gasteiger charge is 2.17. The van der Waals surface area contributed by atoms with Gasteiger partial charge in [-0.3, -0.25) is 0 Å². The van der Waals surface area contributed by atoms with Gasteiger partial charge < -0.3 is 10.2 Å². The van der Waals surface area contributed by atoms with E-state index in [2.05, 4.69) is 11.8 Å². The first-order valence-corrected chi connectivity index (χ1v) is 4.32. The van der Waals surface area contributed by atoms with Gasteiger partial charge in [0, 0.05) is 0 Å². The number of aliphatic hydroxyl groups is 2. The molecule has 0 fully saturated rings. The highest BCUT2D eigenvalue weighted by molar-refractivity contribution is 5.18. The van der Waals surface area contributed by atoms with E-state index in [9.17, 15) is 10.2 Å². The number of hydrogen-bond acceptors (Lipinski definition) is 2. The van der Waals surface area contributed by atoms with Crippen molar-refractivity contribution in [1.29, 1.82) is 0 Å². The lowest BCUT2D eigenvalue weighted by Crippen LogP contribution is -2.24. The fourth-order valence-corrected chi connectivity index (χ4v) is 0.446. The lowest BCUT2D eigenvalue weighted by atomic mass is 10.00. The first-order valence-electron chi connectivity index (χ1n) is 4.32. The average molecular weight is 170 g/mol. The molecule has 0 aromatic carbocycles. The first-order chi connectivity index (χ1) is 5.33. The van der Waals surface area contributed by atoms with Crippen molar-refractivity contribution < 1.29 is 10.2 Å². The summed E-state index contributed by atoms with van der Waals surface area (Å²) in [4.78, 5) is 0. The third-order valence-electron chi connectivity index (χ3n) is 1.98. The minimum atomic E-state index is -0.973. The summed E-state index contributed by atoms with van der Waals surface area (Å²) in [6.07, 6.45) is 1.14. The van der Waals surface area contributed by atoms with E-state index in [0.29, 0.717) is 12.8 Å². The molecule has 0 aromatic rings. The van der Waals surface area contributed by atoms with Crippen LogP contribution in [0.5, 0.6) is 0 Å². The Bertz CT molecular complexity index is 174. The van der Waals surface area contributed by atoms with Crippen molar-refractivity contribution in [3.63, 3.8) is 0 Å². The molecule has 0 radical (unpaired) electrons. The molecule has 2 N–H and O–H groups in total. The van der Waals surface area contributed by atoms with Gasteiger partial charge in [-0.2, -0.15) is 0 Å². The van der Waals surface area contributed by atoms with Gasteiger partial charge in [0.2, 0.25) is 0 Å². The molecule has 2 heteroatoms. The van der Waals surface area contributed by atoms with Crippen LogP contribution in [0.4, 0.5) is 0 Å². The zero-order valence-electron chi connectivity index (χ0n) is 8.31. The van der Waals surface area contributed by atoms with Gasteiger partial charge in [-0.1, -0.05) is 25.7 Å². The summed E-state index contributed by atoms with van der Waals surface area (Å²) in [6, 6.07) is 0. The Hall–Kier alpha value is -0.520. The molecule has 0 aromatic heterocycles. The Kier molecular flexibility index (Phi) is 3.76. The van der Waals surface area contributed by atoms with Crippen molar-refractivity contribution in [2.75, 3.05) is 0 Å². The fraction of sp³-hybridized carbons (Fsp3) is 0.800. The van der Waals surface area contributed by atoms with Gasteiger partial charge in [-0.05, 0) is 26.7 Å². The smallest absolute Gasteiger partial charge is 0.122 e. The second-order valence-electron chi connectivity index (χ2n) is 3.50. The normalized spacial score (nSPS) is 20.2. The van der Waals surface area contributed by atoms with Gasteiger partial charge in [-0.25, -0.2) is 0 Å². The second-order valence-corrected chi connectivity index (χ2v) is 3.50. The fourth-order valence-electron chi connectivity index (χ4n) is 0.446. The lowest BCUT2D eigenvalue weighted by Gasteiger charge is -2.16. The van der Waals surface area contributed by atoms with Crippen molar-refractivity contribution in [1.82, 2.24) is 0 Å². The van der Waals surface area contributed by atoms with Gasteiger partial charge in [-0.15, -0.1) is 0 Å². The van der Waals surface area contributed by atoms with Crippen molar-refractivity contribution in [3.05, 3.63) is 0 Å². The Morgan fingerprint density at radius 2 is 1.17 bits per heavy atom. The highest BCUT2D eigenvalue weighted by Crippen LogP contribution is 2.10. The van der Waals surface area contributed by atoms with E-state index in [1.54, 1.807) is 13.8 Å². The molecule has 70 valence electrons. The molecule has 0 saturated heterocycles. The topological polar surface area (TPSA) is 40.5 Å². The van der Waals surface area contributed by atoms with Crippen molar-refractivity contribution in [2.24, 2.45) is 0 Å². The van der Waals surface area contributed by atoms with E-state index in [1.807, 2.05) is 13.8 Å². The van der Waals surface area contributed by atoms with Crippen LogP contribution in [-0.2, 0) is 0 Å². The number of hydrogen-bond donors (Lipinski definition) is 2. The van der Waals surface area contributed by atoms with E-state index < -0.39 is 11.2 Å². The maximum Gasteiger partial charge on any atom is 0.122 e. The molecule has 12 heavy (non-hydrogen) atoms. The molecule has 2 atom stereocenters. The molecule has 0 aliphatic rings. The molecule has 0 unspecified atom stereocenters. The maximum atomic E-state index is 9.50. The van der Waals surface area contributed by atoms with Gasteiger partial charge in [0.25, 0.3) is 0 Å². The van der Waals surface area contributed by atoms with E-state index >= 15 is 0 Å². The van der Waals surface area contributed by atoms with Crippen LogP contribution in [0.25, 0.3) is 0 Å². The first kappa shape index (κ1) is 11.5. The van der Waals surface area contributed by atoms with Crippen LogP contribution in [-0.4, -0.2) is 21.4 Å². The van der Waals surface area contributed by atoms with Gasteiger partial charge >= 0.3 is 0 Å². The molecule has 0 saturated carbocycles.